The van der Waals surface area contributed by atoms with Gasteiger partial charge in [0.1, 0.15) is 11.5 Å². The van der Waals surface area contributed by atoms with Gasteiger partial charge in [0, 0.05) is 71.9 Å². The minimum absolute atomic E-state index is 0.0364. The molecular weight excluding hydrogens is 870 g/mol. The number of hydrogen-bond acceptors (Lipinski definition) is 11. The summed E-state index contributed by atoms with van der Waals surface area (Å²) < 4.78 is 15.0. The average molecular weight is 910 g/mol. The van der Waals surface area contributed by atoms with Gasteiger partial charge in [-0.25, -0.2) is 28.8 Å². The first-order valence-corrected chi connectivity index (χ1v) is 20.9. The van der Waals surface area contributed by atoms with Crippen LogP contribution in [0.1, 0.15) is 54.9 Å². The molecule has 0 amide bonds. The van der Waals surface area contributed by atoms with Crippen LogP contribution in [-0.4, -0.2) is 47.7 Å². The number of pyridine rings is 2. The third kappa shape index (κ3) is 13.5. The minimum atomic E-state index is -0.978. The van der Waals surface area contributed by atoms with Crippen LogP contribution in [0.2, 0.25) is 0 Å². The molecule has 4 aromatic carbocycles. The molecule has 3 aliphatic carbocycles. The summed E-state index contributed by atoms with van der Waals surface area (Å²) in [7, 11) is 0. The molecule has 0 bridgehead atoms. The predicted molar refractivity (Wildman–Crippen MR) is 256 cm³/mol. The van der Waals surface area contributed by atoms with Crippen molar-refractivity contribution in [1.82, 2.24) is 19.5 Å². The second kappa shape index (κ2) is 22.9. The van der Waals surface area contributed by atoms with Gasteiger partial charge in [-0.15, -0.1) is 0 Å². The fourth-order valence-corrected chi connectivity index (χ4v) is 6.21. The van der Waals surface area contributed by atoms with E-state index in [0.717, 1.165) is 65.1 Å². The van der Waals surface area contributed by atoms with E-state index in [1.54, 1.807) is 42.7 Å². The van der Waals surface area contributed by atoms with Gasteiger partial charge in [-0.05, 0) is 111 Å². The van der Waals surface area contributed by atoms with Crippen LogP contribution >= 0.6 is 0 Å². The van der Waals surface area contributed by atoms with Gasteiger partial charge in [-0.2, -0.15) is 0 Å². The summed E-state index contributed by atoms with van der Waals surface area (Å²) >= 11 is 0. The Kier molecular flexibility index (Phi) is 16.1. The highest BCUT2D eigenvalue weighted by Gasteiger charge is 2.29. The third-order valence-electron chi connectivity index (χ3n) is 10.1. The normalized spacial score (nSPS) is 12.8. The van der Waals surface area contributed by atoms with Crippen LogP contribution in [0.15, 0.2) is 122 Å². The highest BCUT2D eigenvalue weighted by atomic mass is 19.1. The van der Waals surface area contributed by atoms with E-state index >= 15 is 0 Å². The molecule has 0 saturated heterocycles. The van der Waals surface area contributed by atoms with Gasteiger partial charge >= 0.3 is 5.69 Å². The molecule has 3 fully saturated rings. The summed E-state index contributed by atoms with van der Waals surface area (Å²) in [5.74, 6) is -0.0220. The van der Waals surface area contributed by atoms with E-state index in [1.165, 1.54) is 56.1 Å². The SMILES string of the molecule is O=Cc1cccnc1.[C-]#[N+]c1ccc(N)c(NC2CC2)c1.[C-]#[N+]c1ccc([N+](=O)[O-])c(F)c1.[C-]#[N+]c1ccc([N+](=O)[O-])c(NC2CC2)c1.[C-]#[N+]c1ccc2nc(-c3cccnc3)n(C3CC3)c2c1. The van der Waals surface area contributed by atoms with Crippen molar-refractivity contribution in [3.63, 3.8) is 0 Å². The number of benzene rings is 4. The summed E-state index contributed by atoms with van der Waals surface area (Å²) in [6.45, 7) is 27.4. The number of hydrogen-bond donors (Lipinski definition) is 3. The van der Waals surface area contributed by atoms with Crippen LogP contribution in [0.4, 0.5) is 55.6 Å². The fourth-order valence-electron chi connectivity index (χ4n) is 6.21. The molecule has 0 aliphatic heterocycles. The molecule has 7 aromatic rings. The molecule has 4 N–H and O–H groups in total. The first-order chi connectivity index (χ1) is 32.9. The largest absolute Gasteiger partial charge is 0.397 e. The van der Waals surface area contributed by atoms with Crippen molar-refractivity contribution in [1.29, 1.82) is 0 Å². The number of nitrogens with two attached hydrogens (primary N) is 1. The molecule has 18 nitrogen and oxygen atoms in total. The second-order valence-electron chi connectivity index (χ2n) is 15.3. The van der Waals surface area contributed by atoms with Gasteiger partial charge in [-0.1, -0.05) is 12.1 Å². The molecule has 10 rings (SSSR count). The summed E-state index contributed by atoms with van der Waals surface area (Å²) in [6.07, 6.45) is 14.4. The number of nitro benzene ring substituents is 2. The first kappa shape index (κ1) is 47.9. The van der Waals surface area contributed by atoms with Gasteiger partial charge in [0.05, 0.1) is 52.9 Å². The fraction of sp³-hybridized carbons (Fsp3) is 0.184. The zero-order valence-electron chi connectivity index (χ0n) is 36.1. The van der Waals surface area contributed by atoms with E-state index in [1.807, 2.05) is 36.5 Å². The number of aromatic nitrogens is 4. The number of carbonyl (C=O) groups excluding carboxylic acids is 1. The smallest absolute Gasteiger partial charge is 0.302 e. The Morgan fingerprint density at radius 1 is 0.676 bits per heavy atom. The molecule has 3 aromatic heterocycles. The summed E-state index contributed by atoms with van der Waals surface area (Å²) in [5.41, 5.74) is 12.7. The van der Waals surface area contributed by atoms with Crippen LogP contribution in [0.5, 0.6) is 0 Å². The average Bonchev–Trinajstić information content (AvgIpc) is 4.26. The summed E-state index contributed by atoms with van der Waals surface area (Å²) in [4.78, 5) is 55.2. The van der Waals surface area contributed by atoms with Gasteiger partial charge in [0.25, 0.3) is 5.69 Å². The van der Waals surface area contributed by atoms with Crippen molar-refractivity contribution in [2.45, 2.75) is 56.7 Å². The number of halogens is 1. The van der Waals surface area contributed by atoms with Crippen LogP contribution in [-0.2, 0) is 0 Å². The number of nitro groups is 2. The second-order valence-corrected chi connectivity index (χ2v) is 15.3. The molecule has 338 valence electrons. The van der Waals surface area contributed by atoms with Gasteiger partial charge in [0.15, 0.2) is 34.9 Å². The Bertz CT molecular complexity index is 3110. The van der Waals surface area contributed by atoms with Crippen LogP contribution < -0.4 is 16.4 Å². The molecule has 19 heteroatoms. The van der Waals surface area contributed by atoms with Gasteiger partial charge in [-0.3, -0.25) is 35.0 Å². The molecule has 0 atom stereocenters. The van der Waals surface area contributed by atoms with Crippen molar-refractivity contribution in [3.05, 3.63) is 199 Å². The number of nitrogen functional groups attached to an aromatic ring is 1. The number of aldehydes is 1. The minimum Gasteiger partial charge on any atom is -0.397 e. The van der Waals surface area contributed by atoms with E-state index in [-0.39, 0.29) is 11.4 Å². The number of fused-ring (bicyclic) bond motifs is 1. The lowest BCUT2D eigenvalue weighted by Crippen LogP contribution is -2.03. The van der Waals surface area contributed by atoms with Gasteiger partial charge in [0.2, 0.25) is 0 Å². The van der Waals surface area contributed by atoms with E-state index in [0.29, 0.717) is 46.4 Å². The van der Waals surface area contributed by atoms with Crippen LogP contribution in [0.25, 0.3) is 41.8 Å². The molecule has 3 saturated carbocycles. The maximum absolute atomic E-state index is 12.7. The summed E-state index contributed by atoms with van der Waals surface area (Å²) in [5, 5.41) is 27.2. The Morgan fingerprint density at radius 2 is 1.21 bits per heavy atom. The highest BCUT2D eigenvalue weighted by molar-refractivity contribution is 5.84. The molecule has 0 radical (unpaired) electrons. The molecule has 0 unspecified atom stereocenters. The number of nitrogens with zero attached hydrogens (tertiary/aromatic N) is 10. The van der Waals surface area contributed by atoms with Gasteiger partial charge < -0.3 is 20.9 Å². The molecule has 3 aliphatic rings. The van der Waals surface area contributed by atoms with Crippen molar-refractivity contribution in [2.75, 3.05) is 16.4 Å². The Morgan fingerprint density at radius 3 is 1.71 bits per heavy atom. The van der Waals surface area contributed by atoms with Crippen molar-refractivity contribution in [2.24, 2.45) is 0 Å². The number of anilines is 3. The molecule has 68 heavy (non-hydrogen) atoms. The lowest BCUT2D eigenvalue weighted by atomic mass is 10.2. The zero-order chi connectivity index (χ0) is 48.6. The van der Waals surface area contributed by atoms with E-state index in [9.17, 15) is 29.4 Å². The van der Waals surface area contributed by atoms with Crippen LogP contribution in [0, 0.1) is 52.3 Å². The molecule has 0 spiro atoms. The van der Waals surface area contributed by atoms with Crippen molar-refractivity contribution < 1.29 is 19.0 Å². The zero-order valence-corrected chi connectivity index (χ0v) is 36.1. The lowest BCUT2D eigenvalue weighted by Gasteiger charge is -2.07. The van der Waals surface area contributed by atoms with E-state index in [2.05, 4.69) is 44.5 Å². The van der Waals surface area contributed by atoms with Crippen LogP contribution in [0.3, 0.4) is 0 Å². The van der Waals surface area contributed by atoms with E-state index in [4.69, 9.17) is 37.0 Å². The summed E-state index contributed by atoms with van der Waals surface area (Å²) in [6, 6.07) is 27.2. The maximum Gasteiger partial charge on any atom is 0.302 e. The van der Waals surface area contributed by atoms with E-state index < -0.39 is 21.4 Å². The predicted octanol–water partition coefficient (Wildman–Crippen LogP) is 12.3. The lowest BCUT2D eigenvalue weighted by molar-refractivity contribution is -0.387. The number of rotatable bonds is 9. The molecular formula is C49H40FN13O5. The number of imidazole rings is 1. The Hall–Kier alpha value is -9.59. The third-order valence-corrected chi connectivity index (χ3v) is 10.1. The maximum atomic E-state index is 12.7. The monoisotopic (exact) mass is 909 g/mol. The number of carbonyl (C=O) groups is 1. The standard InChI is InChI=1S/C16H12N4.C10H9N3O2.C10H11N3.C7H3FN2O2.C6H5NO/c1-17-12-4-7-14-15(9-12)20(13-5-6-13)16(19-14)11-3-2-8-18-10-11;1-11-8-4-5-10(13(14)15)9(6-8)12-7-2-3-7;1-12-8-4-5-9(11)10(6-8)13-7-2-3-7;1-9-5-2-3-7(10(11)12)6(8)4-5;8-5-6-2-1-3-7-4-6/h2-4,7-10,13H,5-6H2;4-7,12H,2-3H2;4-7,13H,2-3,11H2;2-4H;1-5H. The highest BCUT2D eigenvalue weighted by Crippen LogP contribution is 2.42. The van der Waals surface area contributed by atoms with Crippen molar-refractivity contribution >= 4 is 68.5 Å². The topological polar surface area (TPSA) is 214 Å². The quantitative estimate of drug-likeness (QED) is 0.0407. The molecule has 3 heterocycles. The van der Waals surface area contributed by atoms with Crippen molar-refractivity contribution in [3.8, 4) is 11.4 Å². The Labute approximate surface area is 389 Å². The first-order valence-electron chi connectivity index (χ1n) is 20.9. The number of nitrogens with one attached hydrogen (secondary N) is 2. The Balaban J connectivity index is 0.000000144.